The van der Waals surface area contributed by atoms with Crippen molar-refractivity contribution in [1.82, 2.24) is 0 Å². The minimum Gasteiger partial charge on any atom is -0.379 e. The molecule has 90 valence electrons. The van der Waals surface area contributed by atoms with Gasteiger partial charge in [-0.3, -0.25) is 0 Å². The molecule has 2 nitrogen and oxygen atoms in total. The highest BCUT2D eigenvalue weighted by molar-refractivity contribution is 5.26. The Kier molecular flexibility index (Phi) is 4.44. The van der Waals surface area contributed by atoms with E-state index in [1.807, 2.05) is 26.8 Å². The largest absolute Gasteiger partial charge is 0.379 e. The standard InChI is InChI=1S/C13H20FNO/c1-8(2)13(16-4)12(15)10-5-9(3)6-11(14)7-10/h5-8,12-13H,15H2,1-4H3. The third-order valence-corrected chi connectivity index (χ3v) is 2.73. The zero-order valence-corrected chi connectivity index (χ0v) is 10.3. The van der Waals surface area contributed by atoms with Gasteiger partial charge in [-0.25, -0.2) is 4.39 Å². The van der Waals surface area contributed by atoms with Crippen molar-refractivity contribution in [2.75, 3.05) is 7.11 Å². The van der Waals surface area contributed by atoms with Gasteiger partial charge < -0.3 is 10.5 Å². The number of benzene rings is 1. The lowest BCUT2D eigenvalue weighted by atomic mass is 9.93. The van der Waals surface area contributed by atoms with Gasteiger partial charge in [-0.2, -0.15) is 0 Å². The third-order valence-electron chi connectivity index (χ3n) is 2.73. The van der Waals surface area contributed by atoms with E-state index >= 15 is 0 Å². The Morgan fingerprint density at radius 2 is 1.88 bits per heavy atom. The fourth-order valence-corrected chi connectivity index (χ4v) is 1.98. The number of hydrogen-bond donors (Lipinski definition) is 1. The molecule has 1 aromatic rings. The average Bonchev–Trinajstić information content (AvgIpc) is 2.16. The smallest absolute Gasteiger partial charge is 0.123 e. The van der Waals surface area contributed by atoms with E-state index in [-0.39, 0.29) is 18.0 Å². The van der Waals surface area contributed by atoms with Crippen molar-refractivity contribution in [3.05, 3.63) is 35.1 Å². The van der Waals surface area contributed by atoms with Gasteiger partial charge in [0.1, 0.15) is 5.82 Å². The van der Waals surface area contributed by atoms with Crippen LogP contribution >= 0.6 is 0 Å². The Morgan fingerprint density at radius 1 is 1.25 bits per heavy atom. The van der Waals surface area contributed by atoms with Crippen LogP contribution in [0.4, 0.5) is 4.39 Å². The first kappa shape index (κ1) is 13.1. The number of ether oxygens (including phenoxy) is 1. The third kappa shape index (κ3) is 3.03. The van der Waals surface area contributed by atoms with Gasteiger partial charge in [0.15, 0.2) is 0 Å². The number of halogens is 1. The molecule has 0 heterocycles. The molecule has 2 unspecified atom stereocenters. The van der Waals surface area contributed by atoms with Crippen LogP contribution in [0.15, 0.2) is 18.2 Å². The van der Waals surface area contributed by atoms with Crippen molar-refractivity contribution in [2.24, 2.45) is 11.7 Å². The molecule has 0 saturated carbocycles. The van der Waals surface area contributed by atoms with Crippen molar-refractivity contribution in [3.63, 3.8) is 0 Å². The summed E-state index contributed by atoms with van der Waals surface area (Å²) < 4.78 is 18.6. The minimum atomic E-state index is -0.292. The molecular weight excluding hydrogens is 205 g/mol. The molecule has 1 rings (SSSR count). The van der Waals surface area contributed by atoms with Gasteiger partial charge in [-0.05, 0) is 36.1 Å². The van der Waals surface area contributed by atoms with Crippen LogP contribution in [-0.4, -0.2) is 13.2 Å². The fourth-order valence-electron chi connectivity index (χ4n) is 1.98. The summed E-state index contributed by atoms with van der Waals surface area (Å²) >= 11 is 0. The second-order valence-corrected chi connectivity index (χ2v) is 4.53. The Labute approximate surface area is 96.6 Å². The topological polar surface area (TPSA) is 35.2 Å². The highest BCUT2D eigenvalue weighted by Gasteiger charge is 2.22. The normalized spacial score (nSPS) is 15.2. The summed E-state index contributed by atoms with van der Waals surface area (Å²) in [7, 11) is 1.64. The predicted molar refractivity (Wildman–Crippen MR) is 63.7 cm³/mol. The van der Waals surface area contributed by atoms with E-state index in [1.54, 1.807) is 7.11 Å². The number of aryl methyl sites for hydroxylation is 1. The molecule has 0 aliphatic carbocycles. The first-order valence-corrected chi connectivity index (χ1v) is 5.51. The number of methoxy groups -OCH3 is 1. The summed E-state index contributed by atoms with van der Waals surface area (Å²) in [6, 6.07) is 4.58. The molecule has 0 amide bonds. The van der Waals surface area contributed by atoms with Crippen molar-refractivity contribution in [2.45, 2.75) is 32.9 Å². The lowest BCUT2D eigenvalue weighted by Gasteiger charge is -2.26. The van der Waals surface area contributed by atoms with Gasteiger partial charge in [0, 0.05) is 7.11 Å². The summed E-state index contributed by atoms with van der Waals surface area (Å²) in [4.78, 5) is 0. The van der Waals surface area contributed by atoms with E-state index < -0.39 is 0 Å². The monoisotopic (exact) mass is 225 g/mol. The molecule has 1 aromatic carbocycles. The first-order chi connectivity index (χ1) is 7.45. The van der Waals surface area contributed by atoms with E-state index in [0.717, 1.165) is 11.1 Å². The van der Waals surface area contributed by atoms with Crippen molar-refractivity contribution >= 4 is 0 Å². The summed E-state index contributed by atoms with van der Waals surface area (Å²) in [5, 5.41) is 0. The molecule has 2 atom stereocenters. The molecule has 0 radical (unpaired) electrons. The predicted octanol–water partition coefficient (Wildman–Crippen LogP) is 2.80. The minimum absolute atomic E-state index is 0.0961. The maximum atomic E-state index is 13.3. The van der Waals surface area contributed by atoms with E-state index in [0.29, 0.717) is 5.92 Å². The molecule has 0 bridgehead atoms. The Balaban J connectivity index is 2.98. The van der Waals surface area contributed by atoms with Gasteiger partial charge in [0.25, 0.3) is 0 Å². The molecule has 16 heavy (non-hydrogen) atoms. The van der Waals surface area contributed by atoms with Gasteiger partial charge in [0.2, 0.25) is 0 Å². The van der Waals surface area contributed by atoms with Crippen LogP contribution in [0.2, 0.25) is 0 Å². The van der Waals surface area contributed by atoms with E-state index in [4.69, 9.17) is 10.5 Å². The Bertz CT molecular complexity index is 332. The summed E-state index contributed by atoms with van der Waals surface area (Å²) in [5.74, 6) is 0.0487. The molecule has 2 N–H and O–H groups in total. The van der Waals surface area contributed by atoms with Crippen LogP contribution < -0.4 is 5.73 Å². The second-order valence-electron chi connectivity index (χ2n) is 4.53. The van der Waals surface area contributed by atoms with E-state index in [9.17, 15) is 4.39 Å². The molecule has 0 fully saturated rings. The molecular formula is C13H20FNO. The molecule has 0 saturated heterocycles. The lowest BCUT2D eigenvalue weighted by Crippen LogP contribution is -2.32. The highest BCUT2D eigenvalue weighted by Crippen LogP contribution is 2.23. The van der Waals surface area contributed by atoms with Crippen molar-refractivity contribution < 1.29 is 9.13 Å². The van der Waals surface area contributed by atoms with Crippen LogP contribution in [-0.2, 0) is 4.74 Å². The summed E-state index contributed by atoms with van der Waals surface area (Å²) in [5.41, 5.74) is 7.77. The molecule has 3 heteroatoms. The fraction of sp³-hybridized carbons (Fsp3) is 0.538. The van der Waals surface area contributed by atoms with Crippen LogP contribution in [0.25, 0.3) is 0 Å². The maximum absolute atomic E-state index is 13.3. The van der Waals surface area contributed by atoms with Crippen LogP contribution in [0.1, 0.15) is 31.0 Å². The molecule has 0 aliphatic rings. The molecule has 0 aliphatic heterocycles. The van der Waals surface area contributed by atoms with Crippen molar-refractivity contribution in [3.8, 4) is 0 Å². The van der Waals surface area contributed by atoms with Crippen LogP contribution in [0, 0.1) is 18.7 Å². The second kappa shape index (κ2) is 5.41. The van der Waals surface area contributed by atoms with Gasteiger partial charge in [0.05, 0.1) is 12.1 Å². The van der Waals surface area contributed by atoms with E-state index in [1.165, 1.54) is 12.1 Å². The Morgan fingerprint density at radius 3 is 2.31 bits per heavy atom. The van der Waals surface area contributed by atoms with Gasteiger partial charge in [-0.1, -0.05) is 19.9 Å². The zero-order chi connectivity index (χ0) is 12.3. The highest BCUT2D eigenvalue weighted by atomic mass is 19.1. The molecule has 0 spiro atoms. The van der Waals surface area contributed by atoms with Gasteiger partial charge in [-0.15, -0.1) is 0 Å². The number of rotatable bonds is 4. The number of nitrogens with two attached hydrogens (primary N) is 1. The first-order valence-electron chi connectivity index (χ1n) is 5.51. The van der Waals surface area contributed by atoms with Crippen LogP contribution in [0.3, 0.4) is 0 Å². The SMILES string of the molecule is COC(C(C)C)C(N)c1cc(C)cc(F)c1. The maximum Gasteiger partial charge on any atom is 0.123 e. The van der Waals surface area contributed by atoms with Gasteiger partial charge >= 0.3 is 0 Å². The van der Waals surface area contributed by atoms with Crippen molar-refractivity contribution in [1.29, 1.82) is 0 Å². The Hall–Kier alpha value is -0.930. The summed E-state index contributed by atoms with van der Waals surface area (Å²) in [6.45, 7) is 5.94. The van der Waals surface area contributed by atoms with E-state index in [2.05, 4.69) is 0 Å². The quantitative estimate of drug-likeness (QED) is 0.855. The lowest BCUT2D eigenvalue weighted by molar-refractivity contribution is 0.0436. The van der Waals surface area contributed by atoms with Crippen LogP contribution in [0.5, 0.6) is 0 Å². The number of hydrogen-bond acceptors (Lipinski definition) is 2. The zero-order valence-electron chi connectivity index (χ0n) is 10.3. The average molecular weight is 225 g/mol. The summed E-state index contributed by atoms with van der Waals surface area (Å²) in [6.07, 6.45) is -0.0961. The molecule has 0 aromatic heterocycles.